The lowest BCUT2D eigenvalue weighted by atomic mass is 10.1. The fourth-order valence-corrected chi connectivity index (χ4v) is 1.87. The van der Waals surface area contributed by atoms with Gasteiger partial charge in [-0.1, -0.05) is 53.5 Å². The molecule has 0 aliphatic carbocycles. The molecule has 76 valence electrons. The van der Waals surface area contributed by atoms with Crippen LogP contribution in [0.1, 0.15) is 0 Å². The summed E-state index contributed by atoms with van der Waals surface area (Å²) in [5.41, 5.74) is 8.14. The predicted octanol–water partition coefficient (Wildman–Crippen LogP) is 4.24. The maximum atomic E-state index is 5.96. The van der Waals surface area contributed by atoms with Gasteiger partial charge in [-0.2, -0.15) is 0 Å². The van der Waals surface area contributed by atoms with E-state index < -0.39 is 0 Å². The summed E-state index contributed by atoms with van der Waals surface area (Å²) in [7, 11) is 0. The van der Waals surface area contributed by atoms with Gasteiger partial charge in [0.1, 0.15) is 0 Å². The quantitative estimate of drug-likeness (QED) is 0.738. The Kier molecular flexibility index (Phi) is 2.85. The van der Waals surface area contributed by atoms with Gasteiger partial charge in [-0.25, -0.2) is 0 Å². The summed E-state index contributed by atoms with van der Waals surface area (Å²) in [5, 5.41) is 0.975. The van der Waals surface area contributed by atoms with Crippen LogP contribution in [0.2, 0.25) is 10.0 Å². The van der Waals surface area contributed by atoms with Gasteiger partial charge < -0.3 is 5.73 Å². The summed E-state index contributed by atoms with van der Waals surface area (Å²) in [4.78, 5) is 0. The highest BCUT2D eigenvalue weighted by Gasteiger charge is 2.05. The van der Waals surface area contributed by atoms with E-state index in [1.165, 1.54) is 0 Å². The predicted molar refractivity (Wildman–Crippen MR) is 66.3 cm³/mol. The third-order valence-corrected chi connectivity index (χ3v) is 2.81. The van der Waals surface area contributed by atoms with E-state index in [9.17, 15) is 0 Å². The minimum absolute atomic E-state index is 0.429. The molecular formula is C12H9Cl2N. The lowest BCUT2D eigenvalue weighted by Gasteiger charge is -2.06. The topological polar surface area (TPSA) is 26.0 Å². The molecule has 0 saturated carbocycles. The third-order valence-electron chi connectivity index (χ3n) is 2.19. The number of nitrogens with two attached hydrogens (primary N) is 1. The second kappa shape index (κ2) is 4.13. The molecular weight excluding hydrogens is 229 g/mol. The van der Waals surface area contributed by atoms with Gasteiger partial charge in [-0.3, -0.25) is 0 Å². The van der Waals surface area contributed by atoms with Crippen LogP contribution < -0.4 is 5.73 Å². The van der Waals surface area contributed by atoms with Crippen molar-refractivity contribution in [1.82, 2.24) is 0 Å². The molecule has 0 aromatic heterocycles. The van der Waals surface area contributed by atoms with Gasteiger partial charge in [0.05, 0.1) is 15.7 Å². The van der Waals surface area contributed by atoms with E-state index in [0.29, 0.717) is 15.7 Å². The average molecular weight is 238 g/mol. The second-order valence-electron chi connectivity index (χ2n) is 3.22. The first-order valence-corrected chi connectivity index (χ1v) is 5.24. The Hall–Kier alpha value is -1.18. The van der Waals surface area contributed by atoms with Gasteiger partial charge in [-0.15, -0.1) is 0 Å². The van der Waals surface area contributed by atoms with Crippen LogP contribution in [-0.2, 0) is 0 Å². The van der Waals surface area contributed by atoms with Crippen LogP contribution in [-0.4, -0.2) is 0 Å². The van der Waals surface area contributed by atoms with Gasteiger partial charge in [0, 0.05) is 0 Å². The fourth-order valence-electron chi connectivity index (χ4n) is 1.38. The van der Waals surface area contributed by atoms with Crippen molar-refractivity contribution in [3.8, 4) is 11.1 Å². The molecule has 0 aliphatic heterocycles. The van der Waals surface area contributed by atoms with Crippen LogP contribution >= 0.6 is 23.2 Å². The largest absolute Gasteiger partial charge is 0.396 e. The van der Waals surface area contributed by atoms with Crippen LogP contribution in [0.5, 0.6) is 0 Å². The number of benzene rings is 2. The van der Waals surface area contributed by atoms with Crippen molar-refractivity contribution >= 4 is 28.9 Å². The molecule has 3 heteroatoms. The van der Waals surface area contributed by atoms with Crippen molar-refractivity contribution in [2.45, 2.75) is 0 Å². The van der Waals surface area contributed by atoms with Crippen LogP contribution in [0.25, 0.3) is 11.1 Å². The lowest BCUT2D eigenvalue weighted by Crippen LogP contribution is -1.88. The molecule has 0 fully saturated rings. The molecule has 2 N–H and O–H groups in total. The highest BCUT2D eigenvalue weighted by atomic mass is 35.5. The minimum atomic E-state index is 0.429. The zero-order valence-electron chi connectivity index (χ0n) is 7.87. The minimum Gasteiger partial charge on any atom is -0.396 e. The smallest absolute Gasteiger partial charge is 0.0693 e. The number of anilines is 1. The third kappa shape index (κ3) is 2.09. The highest BCUT2D eigenvalue weighted by molar-refractivity contribution is 6.39. The number of rotatable bonds is 1. The molecule has 2 rings (SSSR count). The molecule has 1 nitrogen and oxygen atoms in total. The normalized spacial score (nSPS) is 10.3. The van der Waals surface area contributed by atoms with Gasteiger partial charge in [0.2, 0.25) is 0 Å². The number of halogens is 2. The molecule has 0 aliphatic rings. The summed E-state index contributed by atoms with van der Waals surface area (Å²) >= 11 is 11.9. The summed E-state index contributed by atoms with van der Waals surface area (Å²) in [6.45, 7) is 0. The molecule has 0 atom stereocenters. The molecule has 0 spiro atoms. The first-order valence-electron chi connectivity index (χ1n) is 4.48. The van der Waals surface area contributed by atoms with Crippen LogP contribution in [0, 0.1) is 0 Å². The summed E-state index contributed by atoms with van der Waals surface area (Å²) in [6.07, 6.45) is 0. The Labute approximate surface area is 98.4 Å². The van der Waals surface area contributed by atoms with E-state index in [0.717, 1.165) is 11.1 Å². The van der Waals surface area contributed by atoms with Gasteiger partial charge in [-0.05, 0) is 23.3 Å². The van der Waals surface area contributed by atoms with Crippen molar-refractivity contribution in [1.29, 1.82) is 0 Å². The Bertz CT molecular complexity index is 457. The number of nitrogen functional groups attached to an aromatic ring is 1. The van der Waals surface area contributed by atoms with Crippen molar-refractivity contribution in [3.05, 3.63) is 52.5 Å². The number of hydrogen-bond donors (Lipinski definition) is 1. The molecule has 0 unspecified atom stereocenters. The van der Waals surface area contributed by atoms with Crippen molar-refractivity contribution in [3.63, 3.8) is 0 Å². The Morgan fingerprint density at radius 1 is 0.800 bits per heavy atom. The molecule has 0 amide bonds. The summed E-state index contributed by atoms with van der Waals surface area (Å²) in [6, 6.07) is 13.5. The summed E-state index contributed by atoms with van der Waals surface area (Å²) in [5.74, 6) is 0. The maximum Gasteiger partial charge on any atom is 0.0693 e. The molecule has 15 heavy (non-hydrogen) atoms. The fraction of sp³-hybridized carbons (Fsp3) is 0. The highest BCUT2D eigenvalue weighted by Crippen LogP contribution is 2.33. The zero-order chi connectivity index (χ0) is 10.8. The lowest BCUT2D eigenvalue weighted by molar-refractivity contribution is 1.61. The molecule has 0 bridgehead atoms. The monoisotopic (exact) mass is 237 g/mol. The van der Waals surface area contributed by atoms with Crippen LogP contribution in [0.4, 0.5) is 5.69 Å². The summed E-state index contributed by atoms with van der Waals surface area (Å²) < 4.78 is 0. The molecule has 0 radical (unpaired) electrons. The van der Waals surface area contributed by atoms with Gasteiger partial charge >= 0.3 is 0 Å². The Morgan fingerprint density at radius 3 is 1.87 bits per heavy atom. The van der Waals surface area contributed by atoms with E-state index in [4.69, 9.17) is 28.9 Å². The first kappa shape index (κ1) is 10.3. The van der Waals surface area contributed by atoms with Gasteiger partial charge in [0.25, 0.3) is 0 Å². The van der Waals surface area contributed by atoms with E-state index in [1.807, 2.05) is 42.5 Å². The van der Waals surface area contributed by atoms with Gasteiger partial charge in [0.15, 0.2) is 0 Å². The standard InChI is InChI=1S/C12H9Cl2N/c13-10-6-9(7-11(14)12(10)15)8-4-2-1-3-5-8/h1-7H,15H2. The average Bonchev–Trinajstić information content (AvgIpc) is 2.26. The van der Waals surface area contributed by atoms with E-state index in [-0.39, 0.29) is 0 Å². The second-order valence-corrected chi connectivity index (χ2v) is 4.03. The molecule has 2 aromatic carbocycles. The molecule has 0 saturated heterocycles. The zero-order valence-corrected chi connectivity index (χ0v) is 9.39. The van der Waals surface area contributed by atoms with Crippen LogP contribution in [0.15, 0.2) is 42.5 Å². The van der Waals surface area contributed by atoms with Crippen molar-refractivity contribution < 1.29 is 0 Å². The SMILES string of the molecule is Nc1c(Cl)cc(-c2ccccc2)cc1Cl. The number of hydrogen-bond acceptors (Lipinski definition) is 1. The first-order chi connectivity index (χ1) is 7.18. The van der Waals surface area contributed by atoms with E-state index >= 15 is 0 Å². The molecule has 2 aromatic rings. The van der Waals surface area contributed by atoms with E-state index in [1.54, 1.807) is 0 Å². The Morgan fingerprint density at radius 2 is 1.33 bits per heavy atom. The van der Waals surface area contributed by atoms with E-state index in [2.05, 4.69) is 0 Å². The van der Waals surface area contributed by atoms with Crippen molar-refractivity contribution in [2.75, 3.05) is 5.73 Å². The molecule has 0 heterocycles. The maximum absolute atomic E-state index is 5.96. The Balaban J connectivity index is 2.56. The van der Waals surface area contributed by atoms with Crippen LogP contribution in [0.3, 0.4) is 0 Å². The van der Waals surface area contributed by atoms with Crippen molar-refractivity contribution in [2.24, 2.45) is 0 Å².